The van der Waals surface area contributed by atoms with Crippen LogP contribution in [0, 0.1) is 5.41 Å². The van der Waals surface area contributed by atoms with Gasteiger partial charge in [0.25, 0.3) is 0 Å². The summed E-state index contributed by atoms with van der Waals surface area (Å²) in [5.74, 6) is 0. The third kappa shape index (κ3) is 2.83. The molecule has 0 aromatic carbocycles. The molecule has 1 aliphatic rings. The predicted molar refractivity (Wildman–Crippen MR) is 62.7 cm³/mol. The number of aromatic nitrogens is 1. The van der Waals surface area contributed by atoms with Gasteiger partial charge in [-0.1, -0.05) is 0 Å². The summed E-state index contributed by atoms with van der Waals surface area (Å²) in [5, 5.41) is 0. The Kier molecular flexibility index (Phi) is 3.12. The van der Waals surface area contributed by atoms with E-state index in [2.05, 4.69) is 29.1 Å². The van der Waals surface area contributed by atoms with Gasteiger partial charge in [0.2, 0.25) is 0 Å². The van der Waals surface area contributed by atoms with Crippen molar-refractivity contribution >= 4 is 0 Å². The molecule has 0 amide bonds. The van der Waals surface area contributed by atoms with E-state index in [1.54, 1.807) is 0 Å². The maximum atomic E-state index is 5.77. The lowest BCUT2D eigenvalue weighted by Gasteiger charge is -2.22. The van der Waals surface area contributed by atoms with Gasteiger partial charge in [0.05, 0.1) is 0 Å². The van der Waals surface area contributed by atoms with Gasteiger partial charge < -0.3 is 15.6 Å². The molecule has 3 N–H and O–H groups in total. The first-order valence-electron chi connectivity index (χ1n) is 5.75. The van der Waals surface area contributed by atoms with Crippen LogP contribution in [-0.4, -0.2) is 36.6 Å². The van der Waals surface area contributed by atoms with Crippen LogP contribution in [0.3, 0.4) is 0 Å². The van der Waals surface area contributed by atoms with Gasteiger partial charge in [0.15, 0.2) is 0 Å². The smallest absolute Gasteiger partial charge is 0.0159 e. The average molecular weight is 207 g/mol. The summed E-state index contributed by atoms with van der Waals surface area (Å²) in [6.45, 7) is 3.12. The Labute approximate surface area is 91.7 Å². The average Bonchev–Trinajstić information content (AvgIpc) is 2.80. The largest absolute Gasteiger partial charge is 0.365 e. The molecule has 84 valence electrons. The Morgan fingerprint density at radius 2 is 2.33 bits per heavy atom. The van der Waals surface area contributed by atoms with Crippen LogP contribution in [0.25, 0.3) is 0 Å². The van der Waals surface area contributed by atoms with E-state index in [1.807, 2.05) is 6.20 Å². The van der Waals surface area contributed by atoms with E-state index in [1.165, 1.54) is 18.5 Å². The van der Waals surface area contributed by atoms with Crippen LogP contribution in [-0.2, 0) is 6.42 Å². The summed E-state index contributed by atoms with van der Waals surface area (Å²) in [7, 11) is 2.19. The molecule has 0 radical (unpaired) electrons. The molecule has 0 aliphatic heterocycles. The van der Waals surface area contributed by atoms with Crippen molar-refractivity contribution in [3.8, 4) is 0 Å². The summed E-state index contributed by atoms with van der Waals surface area (Å²) in [5.41, 5.74) is 7.56. The van der Waals surface area contributed by atoms with Gasteiger partial charge in [0, 0.05) is 31.4 Å². The predicted octanol–water partition coefficient (Wildman–Crippen LogP) is 1.23. The summed E-state index contributed by atoms with van der Waals surface area (Å²) in [4.78, 5) is 5.64. The fourth-order valence-electron chi connectivity index (χ4n) is 2.09. The lowest BCUT2D eigenvalue weighted by Crippen LogP contribution is -2.32. The number of rotatable bonds is 6. The molecule has 1 aromatic heterocycles. The summed E-state index contributed by atoms with van der Waals surface area (Å²) < 4.78 is 0. The molecule has 1 aromatic rings. The molecule has 3 heteroatoms. The maximum absolute atomic E-state index is 5.77. The number of nitrogens with one attached hydrogen (secondary N) is 1. The SMILES string of the molecule is CN(CCc1ccc[nH]1)CC1(CN)CC1. The van der Waals surface area contributed by atoms with Gasteiger partial charge >= 0.3 is 0 Å². The third-order valence-electron chi connectivity index (χ3n) is 3.42. The summed E-state index contributed by atoms with van der Waals surface area (Å²) >= 11 is 0. The first-order valence-corrected chi connectivity index (χ1v) is 5.75. The minimum Gasteiger partial charge on any atom is -0.365 e. The van der Waals surface area contributed by atoms with E-state index in [9.17, 15) is 0 Å². The lowest BCUT2D eigenvalue weighted by atomic mass is 10.1. The first kappa shape index (κ1) is 10.7. The van der Waals surface area contributed by atoms with Gasteiger partial charge in [-0.2, -0.15) is 0 Å². The molecule has 1 aliphatic carbocycles. The quantitative estimate of drug-likeness (QED) is 0.737. The van der Waals surface area contributed by atoms with E-state index >= 15 is 0 Å². The third-order valence-corrected chi connectivity index (χ3v) is 3.42. The van der Waals surface area contributed by atoms with Gasteiger partial charge in [-0.05, 0) is 44.0 Å². The zero-order chi connectivity index (χ0) is 10.7. The molecule has 0 unspecified atom stereocenters. The first-order chi connectivity index (χ1) is 7.24. The van der Waals surface area contributed by atoms with Crippen LogP contribution in [0.4, 0.5) is 0 Å². The second-order valence-electron chi connectivity index (χ2n) is 4.89. The summed E-state index contributed by atoms with van der Waals surface area (Å²) in [6, 6.07) is 4.20. The van der Waals surface area contributed by atoms with Crippen molar-refractivity contribution < 1.29 is 0 Å². The Bertz CT molecular complexity index is 288. The molecule has 1 heterocycles. The molecule has 15 heavy (non-hydrogen) atoms. The van der Waals surface area contributed by atoms with Gasteiger partial charge in [-0.25, -0.2) is 0 Å². The standard InChI is InChI=1S/C12H21N3/c1-15(10-12(9-13)5-6-12)8-4-11-3-2-7-14-11/h2-3,7,14H,4-6,8-10,13H2,1H3. The molecule has 0 saturated heterocycles. The van der Waals surface area contributed by atoms with Gasteiger partial charge in [0.1, 0.15) is 0 Å². The lowest BCUT2D eigenvalue weighted by molar-refractivity contribution is 0.268. The molecule has 2 rings (SSSR count). The normalized spacial score (nSPS) is 18.3. The number of aromatic amines is 1. The minimum absolute atomic E-state index is 0.463. The number of nitrogens with zero attached hydrogens (tertiary/aromatic N) is 1. The molecule has 0 bridgehead atoms. The minimum atomic E-state index is 0.463. The van der Waals surface area contributed by atoms with E-state index < -0.39 is 0 Å². The van der Waals surface area contributed by atoms with Crippen molar-refractivity contribution in [1.82, 2.24) is 9.88 Å². The Morgan fingerprint density at radius 3 is 2.87 bits per heavy atom. The van der Waals surface area contributed by atoms with Crippen molar-refractivity contribution in [2.45, 2.75) is 19.3 Å². The van der Waals surface area contributed by atoms with E-state index in [-0.39, 0.29) is 0 Å². The fourth-order valence-corrected chi connectivity index (χ4v) is 2.09. The highest BCUT2D eigenvalue weighted by atomic mass is 15.1. The van der Waals surface area contributed by atoms with E-state index in [4.69, 9.17) is 5.73 Å². The van der Waals surface area contributed by atoms with Crippen molar-refractivity contribution in [1.29, 1.82) is 0 Å². The Balaban J connectivity index is 1.71. The van der Waals surface area contributed by atoms with Crippen LogP contribution < -0.4 is 5.73 Å². The van der Waals surface area contributed by atoms with Crippen molar-refractivity contribution in [3.05, 3.63) is 24.0 Å². The van der Waals surface area contributed by atoms with E-state index in [0.717, 1.165) is 26.1 Å². The van der Waals surface area contributed by atoms with Crippen molar-refractivity contribution in [3.63, 3.8) is 0 Å². The summed E-state index contributed by atoms with van der Waals surface area (Å²) in [6.07, 6.45) is 5.72. The highest BCUT2D eigenvalue weighted by Gasteiger charge is 2.41. The van der Waals surface area contributed by atoms with Crippen LogP contribution in [0.15, 0.2) is 18.3 Å². The monoisotopic (exact) mass is 207 g/mol. The number of H-pyrrole nitrogens is 1. The van der Waals surface area contributed by atoms with Crippen LogP contribution in [0.2, 0.25) is 0 Å². The zero-order valence-corrected chi connectivity index (χ0v) is 9.50. The van der Waals surface area contributed by atoms with E-state index in [0.29, 0.717) is 5.41 Å². The molecule has 0 atom stereocenters. The topological polar surface area (TPSA) is 45.0 Å². The van der Waals surface area contributed by atoms with Gasteiger partial charge in [-0.3, -0.25) is 0 Å². The molecular formula is C12H21N3. The van der Waals surface area contributed by atoms with Crippen LogP contribution >= 0.6 is 0 Å². The number of hydrogen-bond donors (Lipinski definition) is 2. The maximum Gasteiger partial charge on any atom is 0.0159 e. The van der Waals surface area contributed by atoms with Crippen LogP contribution in [0.1, 0.15) is 18.5 Å². The second kappa shape index (κ2) is 4.37. The highest BCUT2D eigenvalue weighted by molar-refractivity contribution is 5.04. The van der Waals surface area contributed by atoms with Crippen molar-refractivity contribution in [2.24, 2.45) is 11.1 Å². The molecule has 1 fully saturated rings. The molecular weight excluding hydrogens is 186 g/mol. The zero-order valence-electron chi connectivity index (χ0n) is 9.50. The van der Waals surface area contributed by atoms with Crippen molar-refractivity contribution in [2.75, 3.05) is 26.7 Å². The molecule has 3 nitrogen and oxygen atoms in total. The number of likely N-dealkylation sites (N-methyl/N-ethyl adjacent to an activating group) is 1. The van der Waals surface area contributed by atoms with Crippen LogP contribution in [0.5, 0.6) is 0 Å². The molecule has 1 saturated carbocycles. The highest BCUT2D eigenvalue weighted by Crippen LogP contribution is 2.44. The second-order valence-corrected chi connectivity index (χ2v) is 4.89. The Morgan fingerprint density at radius 1 is 1.53 bits per heavy atom. The Hall–Kier alpha value is -0.800. The van der Waals surface area contributed by atoms with Gasteiger partial charge in [-0.15, -0.1) is 0 Å². The number of hydrogen-bond acceptors (Lipinski definition) is 2. The number of nitrogens with two attached hydrogens (primary N) is 1. The molecule has 0 spiro atoms. The fraction of sp³-hybridized carbons (Fsp3) is 0.667.